The quantitative estimate of drug-likeness (QED) is 0.297. The number of piperazine rings is 1. The smallest absolute Gasteiger partial charge is 0.236 e. The molecule has 0 atom stereocenters. The molecule has 0 N–H and O–H groups in total. The second-order valence-electron chi connectivity index (χ2n) is 8.34. The minimum Gasteiger partial charge on any atom is -0.419 e. The first-order valence-electron chi connectivity index (χ1n) is 11.2. The molecule has 35 heavy (non-hydrogen) atoms. The minimum absolute atomic E-state index is 0.0291. The van der Waals surface area contributed by atoms with Crippen LogP contribution in [-0.4, -0.2) is 44.5 Å². The Kier molecular flexibility index (Phi) is 6.73. The highest BCUT2D eigenvalue weighted by Crippen LogP contribution is 2.35. The topological polar surface area (TPSA) is 66.7 Å². The number of nitrogens with zero attached hydrogens (tertiary/aromatic N) is 3. The van der Waals surface area contributed by atoms with Crippen molar-refractivity contribution in [2.24, 2.45) is 0 Å². The van der Waals surface area contributed by atoms with Crippen LogP contribution in [0.1, 0.15) is 5.56 Å². The van der Waals surface area contributed by atoms with Gasteiger partial charge in [-0.1, -0.05) is 46.3 Å². The summed E-state index contributed by atoms with van der Waals surface area (Å²) in [4.78, 5) is 8.64. The highest BCUT2D eigenvalue weighted by atomic mass is 79.9. The Hall–Kier alpha value is -3.01. The number of sulfone groups is 1. The number of rotatable bonds is 6. The van der Waals surface area contributed by atoms with Crippen molar-refractivity contribution in [1.29, 1.82) is 0 Å². The van der Waals surface area contributed by atoms with Crippen LogP contribution in [0, 0.1) is 5.82 Å². The van der Waals surface area contributed by atoms with E-state index < -0.39 is 15.7 Å². The van der Waals surface area contributed by atoms with Gasteiger partial charge in [-0.25, -0.2) is 12.8 Å². The molecule has 0 spiro atoms. The third-order valence-electron chi connectivity index (χ3n) is 5.96. The van der Waals surface area contributed by atoms with Crippen molar-refractivity contribution in [2.75, 3.05) is 31.1 Å². The summed E-state index contributed by atoms with van der Waals surface area (Å²) < 4.78 is 47.5. The van der Waals surface area contributed by atoms with Gasteiger partial charge < -0.3 is 9.32 Å². The summed E-state index contributed by atoms with van der Waals surface area (Å²) in [5, 5.41) is -0.154. The standard InChI is InChI=1S/C26H23BrFN3O3S/c27-21-8-6-20(7-9-21)24-29-25(35(32,33)23-12-10-22(28)11-13-23)26(34-24)31-16-14-30(15-17-31)18-19-4-2-1-3-5-19/h1-13H,14-18H2. The number of halogens is 2. The second kappa shape index (κ2) is 9.93. The maximum absolute atomic E-state index is 13.5. The Morgan fingerprint density at radius 2 is 1.54 bits per heavy atom. The van der Waals surface area contributed by atoms with Crippen LogP contribution in [0.25, 0.3) is 11.5 Å². The molecule has 2 heterocycles. The van der Waals surface area contributed by atoms with Gasteiger partial charge in [-0.2, -0.15) is 4.98 Å². The minimum atomic E-state index is -4.03. The third-order valence-corrected chi connectivity index (χ3v) is 8.15. The molecule has 0 aliphatic carbocycles. The fourth-order valence-electron chi connectivity index (χ4n) is 4.06. The molecule has 5 rings (SSSR count). The van der Waals surface area contributed by atoms with Crippen LogP contribution in [0.5, 0.6) is 0 Å². The molecular formula is C26H23BrFN3O3S. The molecule has 180 valence electrons. The Morgan fingerprint density at radius 1 is 0.886 bits per heavy atom. The number of oxazole rings is 1. The normalized spacial score (nSPS) is 14.9. The van der Waals surface area contributed by atoms with E-state index >= 15 is 0 Å². The monoisotopic (exact) mass is 555 g/mol. The fourth-order valence-corrected chi connectivity index (χ4v) is 5.65. The second-order valence-corrected chi connectivity index (χ2v) is 11.1. The summed E-state index contributed by atoms with van der Waals surface area (Å²) in [6, 6.07) is 22.3. The average molecular weight is 556 g/mol. The van der Waals surface area contributed by atoms with Crippen LogP contribution < -0.4 is 4.90 Å². The molecule has 1 aliphatic rings. The number of benzene rings is 3. The lowest BCUT2D eigenvalue weighted by Gasteiger charge is -2.34. The predicted octanol–water partition coefficient (Wildman–Crippen LogP) is 5.40. The molecule has 6 nitrogen and oxygen atoms in total. The lowest BCUT2D eigenvalue weighted by molar-refractivity contribution is 0.245. The van der Waals surface area contributed by atoms with Gasteiger partial charge in [-0.3, -0.25) is 4.90 Å². The average Bonchev–Trinajstić information content (AvgIpc) is 3.32. The molecule has 1 aromatic heterocycles. The molecule has 9 heteroatoms. The van der Waals surface area contributed by atoms with Crippen LogP contribution in [0.3, 0.4) is 0 Å². The van der Waals surface area contributed by atoms with E-state index in [0.717, 1.165) is 36.2 Å². The van der Waals surface area contributed by atoms with E-state index in [1.165, 1.54) is 17.7 Å². The van der Waals surface area contributed by atoms with Gasteiger partial charge >= 0.3 is 0 Å². The number of hydrogen-bond donors (Lipinski definition) is 0. The van der Waals surface area contributed by atoms with Gasteiger partial charge in [-0.05, 0) is 54.1 Å². The SMILES string of the molecule is O=S(=O)(c1ccc(F)cc1)c1nc(-c2ccc(Br)cc2)oc1N1CCN(Cc2ccccc2)CC1. The van der Waals surface area contributed by atoms with E-state index in [1.807, 2.05) is 47.4 Å². The summed E-state index contributed by atoms with van der Waals surface area (Å²) in [5.41, 5.74) is 1.90. The zero-order valence-electron chi connectivity index (χ0n) is 18.8. The van der Waals surface area contributed by atoms with E-state index in [9.17, 15) is 12.8 Å². The zero-order valence-corrected chi connectivity index (χ0v) is 21.2. The van der Waals surface area contributed by atoms with Crippen LogP contribution in [0.2, 0.25) is 0 Å². The first kappa shape index (κ1) is 23.7. The molecule has 1 fully saturated rings. The highest BCUT2D eigenvalue weighted by molar-refractivity contribution is 9.10. The van der Waals surface area contributed by atoms with E-state index in [-0.39, 0.29) is 21.7 Å². The highest BCUT2D eigenvalue weighted by Gasteiger charge is 2.33. The van der Waals surface area contributed by atoms with Gasteiger partial charge in [0.2, 0.25) is 26.6 Å². The fraction of sp³-hybridized carbons (Fsp3) is 0.192. The van der Waals surface area contributed by atoms with E-state index in [0.29, 0.717) is 18.7 Å². The van der Waals surface area contributed by atoms with Gasteiger partial charge in [0.1, 0.15) is 5.82 Å². The summed E-state index contributed by atoms with van der Waals surface area (Å²) >= 11 is 3.41. The van der Waals surface area contributed by atoms with Crippen molar-refractivity contribution in [3.05, 3.63) is 94.7 Å². The Bertz CT molecular complexity index is 1400. The molecule has 1 saturated heterocycles. The van der Waals surface area contributed by atoms with Gasteiger partial charge in [-0.15, -0.1) is 0 Å². The van der Waals surface area contributed by atoms with Crippen LogP contribution >= 0.6 is 15.9 Å². The number of hydrogen-bond acceptors (Lipinski definition) is 6. The molecule has 0 amide bonds. The van der Waals surface area contributed by atoms with Gasteiger partial charge in [0.25, 0.3) is 0 Å². The lowest BCUT2D eigenvalue weighted by Crippen LogP contribution is -2.46. The summed E-state index contributed by atoms with van der Waals surface area (Å²) in [6.45, 7) is 3.51. The molecule has 0 saturated carbocycles. The molecule has 3 aromatic carbocycles. The summed E-state index contributed by atoms with van der Waals surface area (Å²) in [6.07, 6.45) is 0. The number of aromatic nitrogens is 1. The lowest BCUT2D eigenvalue weighted by atomic mass is 10.2. The summed E-state index contributed by atoms with van der Waals surface area (Å²) in [5.74, 6) is -0.0686. The van der Waals surface area contributed by atoms with Gasteiger partial charge in [0.05, 0.1) is 4.90 Å². The van der Waals surface area contributed by atoms with Crippen molar-refractivity contribution in [3.63, 3.8) is 0 Å². The van der Waals surface area contributed by atoms with Crippen molar-refractivity contribution < 1.29 is 17.2 Å². The van der Waals surface area contributed by atoms with Crippen LogP contribution in [0.15, 0.2) is 97.7 Å². The van der Waals surface area contributed by atoms with Crippen LogP contribution in [0.4, 0.5) is 10.3 Å². The summed E-state index contributed by atoms with van der Waals surface area (Å²) in [7, 11) is -4.03. The van der Waals surface area contributed by atoms with Crippen LogP contribution in [-0.2, 0) is 16.4 Å². The molecule has 0 unspecified atom stereocenters. The van der Waals surface area contributed by atoms with E-state index in [4.69, 9.17) is 4.42 Å². The molecule has 1 aliphatic heterocycles. The Morgan fingerprint density at radius 3 is 2.20 bits per heavy atom. The maximum atomic E-state index is 13.5. The Balaban J connectivity index is 1.46. The number of anilines is 1. The first-order chi connectivity index (χ1) is 16.9. The van der Waals surface area contributed by atoms with Gasteiger partial charge in [0, 0.05) is 42.8 Å². The van der Waals surface area contributed by atoms with Crippen molar-refractivity contribution >= 4 is 31.7 Å². The van der Waals surface area contributed by atoms with Gasteiger partial charge in [0.15, 0.2) is 0 Å². The molecule has 0 radical (unpaired) electrons. The maximum Gasteiger partial charge on any atom is 0.236 e. The van der Waals surface area contributed by atoms with E-state index in [1.54, 1.807) is 0 Å². The molecule has 4 aromatic rings. The van der Waals surface area contributed by atoms with Crippen molar-refractivity contribution in [2.45, 2.75) is 16.5 Å². The van der Waals surface area contributed by atoms with E-state index in [2.05, 4.69) is 37.9 Å². The Labute approximate surface area is 212 Å². The molecular weight excluding hydrogens is 533 g/mol. The predicted molar refractivity (Wildman–Crippen MR) is 135 cm³/mol. The zero-order chi connectivity index (χ0) is 24.4. The first-order valence-corrected chi connectivity index (χ1v) is 13.5. The third kappa shape index (κ3) is 5.17. The van der Waals surface area contributed by atoms with Crippen molar-refractivity contribution in [1.82, 2.24) is 9.88 Å². The largest absolute Gasteiger partial charge is 0.419 e. The molecule has 0 bridgehead atoms. The van der Waals surface area contributed by atoms with Crippen molar-refractivity contribution in [3.8, 4) is 11.5 Å².